The number of fused-ring (bicyclic) bond motifs is 1. The Labute approximate surface area is 91.8 Å². The molecule has 0 bridgehead atoms. The molecule has 0 radical (unpaired) electrons. The molecule has 0 fully saturated rings. The third-order valence-electron chi connectivity index (χ3n) is 2.03. The lowest BCUT2D eigenvalue weighted by Gasteiger charge is -1.91. The van der Waals surface area contributed by atoms with E-state index in [1.54, 1.807) is 11.3 Å². The molecule has 0 N–H and O–H groups in total. The molecule has 0 amide bonds. The Kier molecular flexibility index (Phi) is 2.61. The second-order valence-electron chi connectivity index (χ2n) is 3.13. The molecule has 0 aromatic carbocycles. The first-order valence-corrected chi connectivity index (χ1v) is 5.75. The predicted molar refractivity (Wildman–Crippen MR) is 62.3 cm³/mol. The van der Waals surface area contributed by atoms with Crippen molar-refractivity contribution >= 4 is 34.0 Å². The van der Waals surface area contributed by atoms with Crippen LogP contribution < -0.4 is 0 Å². The zero-order valence-corrected chi connectivity index (χ0v) is 9.69. The van der Waals surface area contributed by atoms with Crippen molar-refractivity contribution in [1.82, 2.24) is 9.38 Å². The number of allylic oxidation sites excluding steroid dienone is 1. The van der Waals surface area contributed by atoms with Crippen LogP contribution in [0, 0.1) is 13.8 Å². The van der Waals surface area contributed by atoms with E-state index in [0.29, 0.717) is 5.88 Å². The van der Waals surface area contributed by atoms with Crippen molar-refractivity contribution in [3.05, 3.63) is 28.5 Å². The smallest absolute Gasteiger partial charge is 0.194 e. The van der Waals surface area contributed by atoms with Gasteiger partial charge in [-0.25, -0.2) is 4.98 Å². The molecule has 0 unspecified atom stereocenters. The van der Waals surface area contributed by atoms with Gasteiger partial charge in [0.1, 0.15) is 0 Å². The van der Waals surface area contributed by atoms with Gasteiger partial charge in [0.25, 0.3) is 0 Å². The molecular formula is C10H11ClN2S. The second-order valence-corrected chi connectivity index (χ2v) is 4.66. The quantitative estimate of drug-likeness (QED) is 0.719. The summed E-state index contributed by atoms with van der Waals surface area (Å²) < 4.78 is 2.11. The maximum Gasteiger partial charge on any atom is 0.194 e. The van der Waals surface area contributed by atoms with E-state index in [1.165, 1.54) is 4.88 Å². The topological polar surface area (TPSA) is 17.3 Å². The number of aryl methyl sites for hydroxylation is 2. The Hall–Kier alpha value is -0.800. The van der Waals surface area contributed by atoms with Gasteiger partial charge in [0, 0.05) is 17.0 Å². The first-order chi connectivity index (χ1) is 6.72. The minimum absolute atomic E-state index is 0.537. The van der Waals surface area contributed by atoms with Crippen LogP contribution in [0.15, 0.2) is 12.3 Å². The Morgan fingerprint density at radius 2 is 2.36 bits per heavy atom. The van der Waals surface area contributed by atoms with Crippen molar-refractivity contribution in [1.29, 1.82) is 0 Å². The lowest BCUT2D eigenvalue weighted by Crippen LogP contribution is -1.83. The number of hydrogen-bond donors (Lipinski definition) is 0. The van der Waals surface area contributed by atoms with Crippen LogP contribution in [0.1, 0.15) is 16.3 Å². The molecule has 4 heteroatoms. The van der Waals surface area contributed by atoms with Crippen molar-refractivity contribution < 1.29 is 0 Å². The number of hydrogen-bond acceptors (Lipinski definition) is 2. The normalized spacial score (nSPS) is 11.9. The highest BCUT2D eigenvalue weighted by molar-refractivity contribution is 7.17. The van der Waals surface area contributed by atoms with Crippen LogP contribution in [0.25, 0.3) is 11.0 Å². The molecule has 2 aromatic rings. The molecule has 0 saturated carbocycles. The van der Waals surface area contributed by atoms with Gasteiger partial charge in [0.05, 0.1) is 11.4 Å². The van der Waals surface area contributed by atoms with E-state index >= 15 is 0 Å². The summed E-state index contributed by atoms with van der Waals surface area (Å²) in [5.74, 6) is 0.537. The van der Waals surface area contributed by atoms with E-state index in [2.05, 4.69) is 22.5 Å². The third-order valence-corrected chi connectivity index (χ3v) is 3.10. The molecule has 2 aromatic heterocycles. The van der Waals surface area contributed by atoms with Gasteiger partial charge in [-0.05, 0) is 19.9 Å². The zero-order valence-electron chi connectivity index (χ0n) is 8.12. The van der Waals surface area contributed by atoms with Gasteiger partial charge in [0.2, 0.25) is 0 Å². The van der Waals surface area contributed by atoms with Gasteiger partial charge in [-0.15, -0.1) is 22.9 Å². The largest absolute Gasteiger partial charge is 0.290 e. The summed E-state index contributed by atoms with van der Waals surface area (Å²) in [6, 6.07) is 0. The molecular weight excluding hydrogens is 216 g/mol. The molecule has 2 heterocycles. The van der Waals surface area contributed by atoms with Crippen LogP contribution in [-0.2, 0) is 0 Å². The van der Waals surface area contributed by atoms with Crippen molar-refractivity contribution in [3.63, 3.8) is 0 Å². The predicted octanol–water partition coefficient (Wildman–Crippen LogP) is 3.26. The molecule has 0 aliphatic rings. The molecule has 0 aliphatic carbocycles. The molecule has 14 heavy (non-hydrogen) atoms. The number of imidazole rings is 1. The summed E-state index contributed by atoms with van der Waals surface area (Å²) >= 11 is 7.32. The van der Waals surface area contributed by atoms with Crippen LogP contribution in [0.3, 0.4) is 0 Å². The number of alkyl halides is 1. The van der Waals surface area contributed by atoms with E-state index in [1.807, 2.05) is 19.1 Å². The number of rotatable bonds is 2. The van der Waals surface area contributed by atoms with Gasteiger partial charge < -0.3 is 0 Å². The molecule has 0 aliphatic heterocycles. The fourth-order valence-electron chi connectivity index (χ4n) is 1.44. The Balaban J connectivity index is 2.59. The summed E-state index contributed by atoms with van der Waals surface area (Å²) in [4.78, 5) is 6.80. The van der Waals surface area contributed by atoms with Crippen LogP contribution in [0.5, 0.6) is 0 Å². The highest BCUT2D eigenvalue weighted by Crippen LogP contribution is 2.21. The number of aromatic nitrogens is 2. The second kappa shape index (κ2) is 3.75. The van der Waals surface area contributed by atoms with Gasteiger partial charge in [-0.1, -0.05) is 6.08 Å². The molecule has 0 atom stereocenters. The van der Waals surface area contributed by atoms with Crippen molar-refractivity contribution in [2.24, 2.45) is 0 Å². The standard InChI is InChI=1S/C10H11ClN2S/c1-7-6-13-9(4-3-5-11)8(2)12-10(13)14-7/h3-4,6H,5H2,1-2H3. The van der Waals surface area contributed by atoms with E-state index in [9.17, 15) is 0 Å². The highest BCUT2D eigenvalue weighted by Gasteiger charge is 2.07. The van der Waals surface area contributed by atoms with Crippen LogP contribution in [0.4, 0.5) is 0 Å². The van der Waals surface area contributed by atoms with E-state index in [-0.39, 0.29) is 0 Å². The number of nitrogens with zero attached hydrogens (tertiary/aromatic N) is 2. The molecule has 0 spiro atoms. The maximum atomic E-state index is 5.61. The first-order valence-electron chi connectivity index (χ1n) is 4.40. The summed E-state index contributed by atoms with van der Waals surface area (Å²) in [7, 11) is 0. The van der Waals surface area contributed by atoms with Crippen molar-refractivity contribution in [2.45, 2.75) is 13.8 Å². The van der Waals surface area contributed by atoms with E-state index in [4.69, 9.17) is 11.6 Å². The zero-order chi connectivity index (χ0) is 10.1. The van der Waals surface area contributed by atoms with Crippen LogP contribution >= 0.6 is 22.9 Å². The van der Waals surface area contributed by atoms with E-state index < -0.39 is 0 Å². The number of halogens is 1. The van der Waals surface area contributed by atoms with Crippen LogP contribution in [-0.4, -0.2) is 15.3 Å². The minimum atomic E-state index is 0.537. The third kappa shape index (κ3) is 1.57. The van der Waals surface area contributed by atoms with Gasteiger partial charge in [-0.3, -0.25) is 4.40 Å². The summed E-state index contributed by atoms with van der Waals surface area (Å²) in [6.45, 7) is 4.10. The van der Waals surface area contributed by atoms with Gasteiger partial charge >= 0.3 is 0 Å². The summed E-state index contributed by atoms with van der Waals surface area (Å²) in [5.41, 5.74) is 2.18. The summed E-state index contributed by atoms with van der Waals surface area (Å²) in [5, 5.41) is 0. The number of thiazole rings is 1. The van der Waals surface area contributed by atoms with E-state index in [0.717, 1.165) is 16.3 Å². The first kappa shape index (κ1) is 9.74. The molecule has 2 rings (SSSR count). The average molecular weight is 227 g/mol. The maximum absolute atomic E-state index is 5.61. The molecule has 0 saturated heterocycles. The molecule has 74 valence electrons. The van der Waals surface area contributed by atoms with Gasteiger partial charge in [0.15, 0.2) is 4.96 Å². The fraction of sp³-hybridized carbons (Fsp3) is 0.300. The Morgan fingerprint density at radius 1 is 1.57 bits per heavy atom. The fourth-order valence-corrected chi connectivity index (χ4v) is 2.41. The minimum Gasteiger partial charge on any atom is -0.290 e. The van der Waals surface area contributed by atoms with Crippen molar-refractivity contribution in [3.8, 4) is 0 Å². The molecule has 2 nitrogen and oxygen atoms in total. The lowest BCUT2D eigenvalue weighted by atomic mass is 10.3. The average Bonchev–Trinajstić information content (AvgIpc) is 2.58. The van der Waals surface area contributed by atoms with Gasteiger partial charge in [-0.2, -0.15) is 0 Å². The summed E-state index contributed by atoms with van der Waals surface area (Å²) in [6.07, 6.45) is 6.06. The van der Waals surface area contributed by atoms with Crippen molar-refractivity contribution in [2.75, 3.05) is 5.88 Å². The Bertz CT molecular complexity index is 481. The SMILES string of the molecule is Cc1cn2c(C=CCCl)c(C)nc2s1. The highest BCUT2D eigenvalue weighted by atomic mass is 35.5. The Morgan fingerprint density at radius 3 is 3.07 bits per heavy atom. The monoisotopic (exact) mass is 226 g/mol. The lowest BCUT2D eigenvalue weighted by molar-refractivity contribution is 1.18. The van der Waals surface area contributed by atoms with Crippen LogP contribution in [0.2, 0.25) is 0 Å².